The molecule has 8 nitrogen and oxygen atoms in total. The number of sulfonamides is 1. The van der Waals surface area contributed by atoms with Crippen LogP contribution in [0.3, 0.4) is 0 Å². The van der Waals surface area contributed by atoms with Crippen molar-refractivity contribution in [3.05, 3.63) is 72.1 Å². The number of aromatic nitrogens is 2. The van der Waals surface area contributed by atoms with E-state index in [1.807, 2.05) is 22.5 Å². The van der Waals surface area contributed by atoms with Crippen LogP contribution in [0.25, 0.3) is 10.9 Å². The summed E-state index contributed by atoms with van der Waals surface area (Å²) in [7, 11) is -3.70. The Morgan fingerprint density at radius 2 is 1.83 bits per heavy atom. The Labute approximate surface area is 206 Å². The number of nitrogens with zero attached hydrogens (tertiary/aromatic N) is 4. The van der Waals surface area contributed by atoms with Crippen LogP contribution in [-0.4, -0.2) is 55.0 Å². The Balaban J connectivity index is 1.22. The fourth-order valence-corrected chi connectivity index (χ4v) is 6.13. The van der Waals surface area contributed by atoms with E-state index in [1.54, 1.807) is 48.0 Å². The normalized spacial score (nSPS) is 15.4. The third-order valence-electron chi connectivity index (χ3n) is 6.24. The van der Waals surface area contributed by atoms with Gasteiger partial charge in [0.15, 0.2) is 5.13 Å². The van der Waals surface area contributed by atoms with E-state index in [2.05, 4.69) is 14.6 Å². The van der Waals surface area contributed by atoms with Crippen molar-refractivity contribution in [2.24, 2.45) is 0 Å². The highest BCUT2D eigenvalue weighted by molar-refractivity contribution is 7.93. The Morgan fingerprint density at radius 3 is 2.51 bits per heavy atom. The quantitative estimate of drug-likeness (QED) is 0.422. The molecule has 1 aliphatic rings. The molecule has 0 saturated carbocycles. The van der Waals surface area contributed by atoms with Gasteiger partial charge in [-0.05, 0) is 49.4 Å². The molecule has 1 amide bonds. The molecule has 182 valence electrons. The molecule has 2 aromatic carbocycles. The SMILES string of the molecule is C[C@@H](C(=O)N1CCN(c2ccc(S(=O)(=O)Nc3nccs3)cc2)CC1)n1ccc2c(F)cccc21. The van der Waals surface area contributed by atoms with Crippen molar-refractivity contribution in [2.45, 2.75) is 17.9 Å². The third kappa shape index (κ3) is 4.61. The molecule has 1 saturated heterocycles. The zero-order valence-corrected chi connectivity index (χ0v) is 20.6. The summed E-state index contributed by atoms with van der Waals surface area (Å²) in [5, 5.41) is 2.53. The van der Waals surface area contributed by atoms with Crippen LogP contribution in [0.5, 0.6) is 0 Å². The minimum absolute atomic E-state index is 0.0129. The Morgan fingerprint density at radius 1 is 1.09 bits per heavy atom. The van der Waals surface area contributed by atoms with Crippen LogP contribution < -0.4 is 9.62 Å². The highest BCUT2D eigenvalue weighted by Gasteiger charge is 2.27. The van der Waals surface area contributed by atoms with Crippen LogP contribution in [0.4, 0.5) is 15.2 Å². The Bertz CT molecular complexity index is 1440. The number of anilines is 2. The minimum atomic E-state index is -3.70. The van der Waals surface area contributed by atoms with Crippen LogP contribution in [0.2, 0.25) is 0 Å². The van der Waals surface area contributed by atoms with E-state index in [-0.39, 0.29) is 16.6 Å². The molecule has 5 rings (SSSR count). The van der Waals surface area contributed by atoms with Gasteiger partial charge in [0.05, 0.1) is 10.4 Å². The zero-order valence-electron chi connectivity index (χ0n) is 19.0. The third-order valence-corrected chi connectivity index (χ3v) is 8.41. The van der Waals surface area contributed by atoms with Crippen molar-refractivity contribution in [2.75, 3.05) is 35.8 Å². The van der Waals surface area contributed by atoms with Gasteiger partial charge in [-0.3, -0.25) is 9.52 Å². The molecule has 1 atom stereocenters. The van der Waals surface area contributed by atoms with Crippen molar-refractivity contribution >= 4 is 49.0 Å². The van der Waals surface area contributed by atoms with Gasteiger partial charge in [0.25, 0.3) is 10.0 Å². The van der Waals surface area contributed by atoms with Crippen molar-refractivity contribution < 1.29 is 17.6 Å². The number of carbonyl (C=O) groups excluding carboxylic acids is 1. The number of hydrogen-bond donors (Lipinski definition) is 1. The average Bonchev–Trinajstić information content (AvgIpc) is 3.54. The van der Waals surface area contributed by atoms with E-state index in [0.29, 0.717) is 42.2 Å². The van der Waals surface area contributed by atoms with E-state index >= 15 is 0 Å². The van der Waals surface area contributed by atoms with Gasteiger partial charge in [0, 0.05) is 55.0 Å². The molecule has 0 aliphatic carbocycles. The number of halogens is 1. The van der Waals surface area contributed by atoms with Crippen LogP contribution in [-0.2, 0) is 14.8 Å². The molecule has 4 aromatic rings. The summed E-state index contributed by atoms with van der Waals surface area (Å²) in [6.45, 7) is 4.18. The van der Waals surface area contributed by atoms with Crippen molar-refractivity contribution in [1.29, 1.82) is 0 Å². The number of benzene rings is 2. The maximum atomic E-state index is 14.0. The first-order chi connectivity index (χ1) is 16.8. The Kier molecular flexibility index (Phi) is 6.20. The highest BCUT2D eigenvalue weighted by atomic mass is 32.2. The molecule has 0 radical (unpaired) electrons. The fourth-order valence-electron chi connectivity index (χ4n) is 4.34. The first-order valence-corrected chi connectivity index (χ1v) is 13.5. The average molecular weight is 514 g/mol. The molecule has 2 aromatic heterocycles. The molecule has 11 heteroatoms. The summed E-state index contributed by atoms with van der Waals surface area (Å²) >= 11 is 1.21. The highest BCUT2D eigenvalue weighted by Crippen LogP contribution is 2.25. The molecule has 1 fully saturated rings. The van der Waals surface area contributed by atoms with Gasteiger partial charge in [-0.1, -0.05) is 6.07 Å². The van der Waals surface area contributed by atoms with E-state index in [1.165, 1.54) is 23.6 Å². The number of nitrogens with one attached hydrogen (secondary N) is 1. The number of carbonyl (C=O) groups is 1. The standard InChI is InChI=1S/C24H24FN5O3S2/c1-17(30-11-9-20-21(25)3-2-4-22(20)30)23(31)29-14-12-28(13-15-29)18-5-7-19(8-6-18)35(32,33)27-24-26-10-16-34-24/h2-11,16-17H,12-15H2,1H3,(H,26,27)/t17-/m0/s1. The molecule has 3 heterocycles. The number of rotatable bonds is 6. The van der Waals surface area contributed by atoms with Crippen LogP contribution in [0, 0.1) is 5.82 Å². The summed E-state index contributed by atoms with van der Waals surface area (Å²) < 4.78 is 43.4. The van der Waals surface area contributed by atoms with Gasteiger partial charge in [0.2, 0.25) is 5.91 Å². The van der Waals surface area contributed by atoms with Crippen LogP contribution >= 0.6 is 11.3 Å². The van der Waals surface area contributed by atoms with Crippen molar-refractivity contribution in [1.82, 2.24) is 14.5 Å². The van der Waals surface area contributed by atoms with Crippen molar-refractivity contribution in [3.8, 4) is 0 Å². The lowest BCUT2D eigenvalue weighted by Crippen LogP contribution is -2.50. The second-order valence-electron chi connectivity index (χ2n) is 8.32. The van der Waals surface area contributed by atoms with E-state index in [0.717, 1.165) is 5.69 Å². The topological polar surface area (TPSA) is 87.5 Å². The lowest BCUT2D eigenvalue weighted by molar-refractivity contribution is -0.134. The molecule has 1 N–H and O–H groups in total. The maximum absolute atomic E-state index is 14.0. The van der Waals surface area contributed by atoms with Crippen LogP contribution in [0.1, 0.15) is 13.0 Å². The smallest absolute Gasteiger partial charge is 0.263 e. The largest absolute Gasteiger partial charge is 0.368 e. The van der Waals surface area contributed by atoms with Gasteiger partial charge in [-0.15, -0.1) is 11.3 Å². The summed E-state index contributed by atoms with van der Waals surface area (Å²) in [4.78, 5) is 21.2. The van der Waals surface area contributed by atoms with E-state index < -0.39 is 16.1 Å². The molecular formula is C24H24FN5O3S2. The predicted molar refractivity (Wildman–Crippen MR) is 135 cm³/mol. The van der Waals surface area contributed by atoms with Gasteiger partial charge < -0.3 is 14.4 Å². The number of thiazole rings is 1. The van der Waals surface area contributed by atoms with Gasteiger partial charge >= 0.3 is 0 Å². The Hall–Kier alpha value is -3.44. The van der Waals surface area contributed by atoms with Crippen LogP contribution in [0.15, 0.2) is 71.2 Å². The summed E-state index contributed by atoms with van der Waals surface area (Å²) in [5.41, 5.74) is 1.59. The maximum Gasteiger partial charge on any atom is 0.263 e. The number of hydrogen-bond acceptors (Lipinski definition) is 6. The van der Waals surface area contributed by atoms with Gasteiger partial charge in [0.1, 0.15) is 11.9 Å². The summed E-state index contributed by atoms with van der Waals surface area (Å²) in [5.74, 6) is -0.312. The molecular weight excluding hydrogens is 489 g/mol. The molecule has 0 bridgehead atoms. The van der Waals surface area contributed by atoms with Gasteiger partial charge in [-0.2, -0.15) is 0 Å². The second-order valence-corrected chi connectivity index (χ2v) is 10.9. The predicted octanol–water partition coefficient (Wildman–Crippen LogP) is 3.95. The molecule has 1 aliphatic heterocycles. The summed E-state index contributed by atoms with van der Waals surface area (Å²) in [6.07, 6.45) is 3.29. The first-order valence-electron chi connectivity index (χ1n) is 11.1. The van der Waals surface area contributed by atoms with E-state index in [9.17, 15) is 17.6 Å². The molecule has 0 unspecified atom stereocenters. The number of fused-ring (bicyclic) bond motifs is 1. The van der Waals surface area contributed by atoms with E-state index in [4.69, 9.17) is 0 Å². The second kappa shape index (κ2) is 9.31. The lowest BCUT2D eigenvalue weighted by Gasteiger charge is -2.37. The fraction of sp³-hybridized carbons (Fsp3) is 0.250. The first kappa shape index (κ1) is 23.3. The number of piperazine rings is 1. The monoisotopic (exact) mass is 513 g/mol. The van der Waals surface area contributed by atoms with Crippen molar-refractivity contribution in [3.63, 3.8) is 0 Å². The zero-order chi connectivity index (χ0) is 24.6. The molecule has 0 spiro atoms. The number of amides is 1. The summed E-state index contributed by atoms with van der Waals surface area (Å²) in [6, 6.07) is 12.8. The molecule has 35 heavy (non-hydrogen) atoms. The lowest BCUT2D eigenvalue weighted by atomic mass is 10.2. The minimum Gasteiger partial charge on any atom is -0.368 e. The van der Waals surface area contributed by atoms with Gasteiger partial charge in [-0.25, -0.2) is 17.8 Å².